The van der Waals surface area contributed by atoms with Gasteiger partial charge < -0.3 is 19.5 Å². The molecule has 6 heteroatoms. The van der Waals surface area contributed by atoms with Crippen molar-refractivity contribution < 1.29 is 14.2 Å². The Balaban J connectivity index is 0.00000169. The summed E-state index contributed by atoms with van der Waals surface area (Å²) in [5, 5.41) is 3.25. The van der Waals surface area contributed by atoms with E-state index in [1.807, 2.05) is 55.5 Å². The van der Waals surface area contributed by atoms with Gasteiger partial charge in [0.1, 0.15) is 5.75 Å². The second-order valence-electron chi connectivity index (χ2n) is 5.67. The molecule has 4 rings (SSSR count). The average Bonchev–Trinajstić information content (AvgIpc) is 3.10. The van der Waals surface area contributed by atoms with Gasteiger partial charge in [-0.25, -0.2) is 0 Å². The first-order valence-electron chi connectivity index (χ1n) is 7.70. The lowest BCUT2D eigenvalue weighted by molar-refractivity contribution is -0.101. The van der Waals surface area contributed by atoms with Crippen LogP contribution in [-0.4, -0.2) is 31.3 Å². The lowest BCUT2D eigenvalue weighted by atomic mass is 10.2. The Morgan fingerprint density at radius 1 is 1.12 bits per heavy atom. The fourth-order valence-corrected chi connectivity index (χ4v) is 2.77. The summed E-state index contributed by atoms with van der Waals surface area (Å²) in [6.45, 7) is 3.75. The third-order valence-electron chi connectivity index (χ3n) is 3.85. The first-order chi connectivity index (χ1) is 11.3. The number of amidine groups is 1. The van der Waals surface area contributed by atoms with Gasteiger partial charge in [0.05, 0.1) is 6.54 Å². The molecule has 2 heterocycles. The van der Waals surface area contributed by atoms with Crippen LogP contribution in [0.5, 0.6) is 17.2 Å². The highest BCUT2D eigenvalue weighted by molar-refractivity contribution is 5.91. The highest BCUT2D eigenvalue weighted by Gasteiger charge is 2.47. The average molecular weight is 347 g/mol. The molecule has 24 heavy (non-hydrogen) atoms. The minimum atomic E-state index is -1.08. The lowest BCUT2D eigenvalue weighted by Gasteiger charge is -2.37. The molecule has 0 amide bonds. The van der Waals surface area contributed by atoms with Gasteiger partial charge in [0.15, 0.2) is 23.9 Å². The number of fused-ring (bicyclic) bond motifs is 1. The third-order valence-corrected chi connectivity index (χ3v) is 3.85. The normalized spacial score (nSPS) is 21.3. The van der Waals surface area contributed by atoms with E-state index in [-0.39, 0.29) is 19.0 Å². The smallest absolute Gasteiger partial charge is 0.345 e. The number of aryl methyl sites for hydroxylation is 1. The number of para-hydroxylation sites is 2. The minimum absolute atomic E-state index is 0. The Kier molecular flexibility index (Phi) is 4.53. The van der Waals surface area contributed by atoms with Gasteiger partial charge >= 0.3 is 5.79 Å². The van der Waals surface area contributed by atoms with Crippen molar-refractivity contribution in [2.45, 2.75) is 12.7 Å². The van der Waals surface area contributed by atoms with Crippen molar-refractivity contribution in [3.8, 4) is 17.2 Å². The third kappa shape index (κ3) is 2.99. The van der Waals surface area contributed by atoms with Crippen molar-refractivity contribution in [1.29, 1.82) is 0 Å². The summed E-state index contributed by atoms with van der Waals surface area (Å²) in [6, 6.07) is 15.5. The molecule has 2 aliphatic heterocycles. The molecule has 0 aliphatic carbocycles. The number of nitrogens with one attached hydrogen (secondary N) is 1. The van der Waals surface area contributed by atoms with Crippen molar-refractivity contribution in [1.82, 2.24) is 5.32 Å². The highest BCUT2D eigenvalue weighted by atomic mass is 35.5. The first kappa shape index (κ1) is 16.5. The molecular formula is C18H19ClN2O3. The summed E-state index contributed by atoms with van der Waals surface area (Å²) in [4.78, 5) is 4.50. The fraction of sp³-hybridized carbons (Fsp3) is 0.278. The van der Waals surface area contributed by atoms with E-state index in [9.17, 15) is 0 Å². The van der Waals surface area contributed by atoms with E-state index in [1.54, 1.807) is 0 Å². The van der Waals surface area contributed by atoms with E-state index in [2.05, 4.69) is 10.3 Å². The Labute approximate surface area is 147 Å². The summed E-state index contributed by atoms with van der Waals surface area (Å²) in [5.41, 5.74) is 1.12. The van der Waals surface area contributed by atoms with Gasteiger partial charge in [-0.1, -0.05) is 24.3 Å². The molecule has 2 aromatic carbocycles. The second-order valence-corrected chi connectivity index (χ2v) is 5.67. The van der Waals surface area contributed by atoms with Gasteiger partial charge in [0.2, 0.25) is 0 Å². The number of hydrogen-bond acceptors (Lipinski definition) is 5. The molecule has 1 atom stereocenters. The predicted octanol–water partition coefficient (Wildman–Crippen LogP) is 2.97. The van der Waals surface area contributed by atoms with Crippen molar-refractivity contribution in [3.05, 3.63) is 54.1 Å². The van der Waals surface area contributed by atoms with E-state index >= 15 is 0 Å². The minimum Gasteiger partial charge on any atom is -0.481 e. The number of benzene rings is 2. The molecule has 5 nitrogen and oxygen atoms in total. The monoisotopic (exact) mass is 346 g/mol. The highest BCUT2D eigenvalue weighted by Crippen LogP contribution is 2.36. The van der Waals surface area contributed by atoms with E-state index < -0.39 is 5.79 Å². The van der Waals surface area contributed by atoms with E-state index in [1.165, 1.54) is 0 Å². The van der Waals surface area contributed by atoms with Crippen molar-refractivity contribution >= 4 is 18.2 Å². The molecule has 126 valence electrons. The summed E-state index contributed by atoms with van der Waals surface area (Å²) >= 11 is 0. The summed E-state index contributed by atoms with van der Waals surface area (Å²) in [6.07, 6.45) is 0. The Bertz CT molecular complexity index is 765. The Morgan fingerprint density at radius 2 is 1.96 bits per heavy atom. The van der Waals surface area contributed by atoms with Crippen LogP contribution in [0, 0.1) is 6.92 Å². The molecule has 0 saturated carbocycles. The van der Waals surface area contributed by atoms with Gasteiger partial charge in [-0.2, -0.15) is 0 Å². The molecule has 1 N–H and O–H groups in total. The summed E-state index contributed by atoms with van der Waals surface area (Å²) < 4.78 is 18.3. The van der Waals surface area contributed by atoms with Crippen LogP contribution in [0.4, 0.5) is 0 Å². The van der Waals surface area contributed by atoms with Crippen LogP contribution < -0.4 is 19.5 Å². The summed E-state index contributed by atoms with van der Waals surface area (Å²) in [7, 11) is 0. The number of rotatable bonds is 3. The van der Waals surface area contributed by atoms with E-state index in [4.69, 9.17) is 14.2 Å². The molecule has 1 unspecified atom stereocenters. The molecule has 0 saturated heterocycles. The fourth-order valence-electron chi connectivity index (χ4n) is 2.77. The molecule has 0 spiro atoms. The van der Waals surface area contributed by atoms with Crippen molar-refractivity contribution in [2.75, 3.05) is 19.7 Å². The molecule has 0 fully saturated rings. The summed E-state index contributed by atoms with van der Waals surface area (Å²) in [5.74, 6) is 1.69. The zero-order valence-electron chi connectivity index (χ0n) is 13.3. The van der Waals surface area contributed by atoms with Gasteiger partial charge in [0.25, 0.3) is 0 Å². The van der Waals surface area contributed by atoms with Crippen LogP contribution in [-0.2, 0) is 0 Å². The molecule has 0 radical (unpaired) electrons. The molecule has 0 aromatic heterocycles. The van der Waals surface area contributed by atoms with Crippen molar-refractivity contribution in [3.63, 3.8) is 0 Å². The van der Waals surface area contributed by atoms with Crippen LogP contribution >= 0.6 is 12.4 Å². The maximum absolute atomic E-state index is 6.22. The van der Waals surface area contributed by atoms with Crippen LogP contribution in [0.2, 0.25) is 0 Å². The Hall–Kier alpha value is -2.40. The number of aliphatic imine (C=N–C) groups is 1. The van der Waals surface area contributed by atoms with Gasteiger partial charge in [-0.15, -0.1) is 12.4 Å². The predicted molar refractivity (Wildman–Crippen MR) is 94.7 cm³/mol. The number of nitrogens with zero attached hydrogens (tertiary/aromatic N) is 1. The Morgan fingerprint density at radius 3 is 2.71 bits per heavy atom. The van der Waals surface area contributed by atoms with Crippen LogP contribution in [0.1, 0.15) is 5.56 Å². The maximum Gasteiger partial charge on any atom is 0.345 e. The van der Waals surface area contributed by atoms with E-state index in [0.29, 0.717) is 18.1 Å². The van der Waals surface area contributed by atoms with Gasteiger partial charge in [-0.05, 0) is 36.8 Å². The molecular weight excluding hydrogens is 328 g/mol. The first-order valence-corrected chi connectivity index (χ1v) is 7.70. The molecule has 2 aliphatic rings. The second kappa shape index (κ2) is 6.61. The van der Waals surface area contributed by atoms with E-state index in [0.717, 1.165) is 23.6 Å². The van der Waals surface area contributed by atoms with Gasteiger partial charge in [-0.3, -0.25) is 4.99 Å². The zero-order chi connectivity index (χ0) is 15.7. The number of hydrogen-bond donors (Lipinski definition) is 1. The molecule has 0 bridgehead atoms. The largest absolute Gasteiger partial charge is 0.481 e. The zero-order valence-corrected chi connectivity index (χ0v) is 14.1. The van der Waals surface area contributed by atoms with Crippen LogP contribution in [0.15, 0.2) is 53.5 Å². The topological polar surface area (TPSA) is 52.1 Å². The van der Waals surface area contributed by atoms with Crippen molar-refractivity contribution in [2.24, 2.45) is 4.99 Å². The number of halogens is 1. The number of ether oxygens (including phenoxy) is 3. The lowest BCUT2D eigenvalue weighted by Crippen LogP contribution is -2.59. The molecule has 2 aromatic rings. The standard InChI is InChI=1S/C18H18N2O3.ClH/c1-13-5-4-6-14(11-13)22-18(17-19-9-10-20-17)12-21-15-7-2-3-8-16(15)23-18;/h2-8,11H,9-10,12H2,1H3,(H,19,20);1H. The quantitative estimate of drug-likeness (QED) is 0.928. The SMILES string of the molecule is Cc1cccc(OC2(C3=NCCN3)COc3ccccc3O2)c1.Cl. The van der Waals surface area contributed by atoms with Gasteiger partial charge in [0, 0.05) is 6.54 Å². The van der Waals surface area contributed by atoms with Crippen LogP contribution in [0.3, 0.4) is 0 Å². The maximum atomic E-state index is 6.22. The van der Waals surface area contributed by atoms with Crippen LogP contribution in [0.25, 0.3) is 0 Å².